The molecule has 18 heavy (non-hydrogen) atoms. The van der Waals surface area contributed by atoms with Crippen LogP contribution in [0.15, 0.2) is 34.3 Å². The summed E-state index contributed by atoms with van der Waals surface area (Å²) in [6.45, 7) is 2.58. The molecule has 1 N–H and O–H groups in total. The van der Waals surface area contributed by atoms with Crippen LogP contribution in [0.25, 0.3) is 10.4 Å². The number of azide groups is 1. The number of unbranched alkanes of at least 4 members (excludes halogenated alkanes) is 1. The van der Waals surface area contributed by atoms with E-state index in [1.807, 2.05) is 13.0 Å². The quantitative estimate of drug-likeness (QED) is 0.355. The Morgan fingerprint density at radius 2 is 2.17 bits per heavy atom. The Morgan fingerprint density at radius 1 is 1.39 bits per heavy atom. The zero-order chi connectivity index (χ0) is 13.4. The molecule has 0 amide bonds. The summed E-state index contributed by atoms with van der Waals surface area (Å²) in [7, 11) is -3.43. The molecule has 0 atom stereocenters. The summed E-state index contributed by atoms with van der Waals surface area (Å²) < 4.78 is 26.3. The Bertz CT molecular complexity index is 536. The van der Waals surface area contributed by atoms with Gasteiger partial charge in [-0.15, -0.1) is 0 Å². The van der Waals surface area contributed by atoms with Crippen LogP contribution in [0.5, 0.6) is 0 Å². The molecule has 0 aromatic heterocycles. The van der Waals surface area contributed by atoms with Crippen LogP contribution in [0, 0.1) is 6.92 Å². The van der Waals surface area contributed by atoms with E-state index in [0.717, 1.165) is 5.56 Å². The average Bonchev–Trinajstić information content (AvgIpc) is 2.33. The fourth-order valence-electron chi connectivity index (χ4n) is 1.42. The molecule has 0 aliphatic heterocycles. The highest BCUT2D eigenvalue weighted by atomic mass is 32.2. The van der Waals surface area contributed by atoms with Crippen LogP contribution in [-0.2, 0) is 10.0 Å². The third kappa shape index (κ3) is 4.75. The predicted molar refractivity (Wildman–Crippen MR) is 69.6 cm³/mol. The third-order valence-corrected chi connectivity index (χ3v) is 3.80. The molecule has 0 saturated carbocycles. The van der Waals surface area contributed by atoms with Gasteiger partial charge in [0.2, 0.25) is 10.0 Å². The number of hydrogen-bond donors (Lipinski definition) is 1. The fraction of sp³-hybridized carbons (Fsp3) is 0.455. The van der Waals surface area contributed by atoms with E-state index in [-0.39, 0.29) is 4.90 Å². The van der Waals surface area contributed by atoms with E-state index in [1.165, 1.54) is 0 Å². The minimum absolute atomic E-state index is 0.276. The van der Waals surface area contributed by atoms with Gasteiger partial charge in [-0.3, -0.25) is 0 Å². The highest BCUT2D eigenvalue weighted by Crippen LogP contribution is 2.10. The van der Waals surface area contributed by atoms with Crippen LogP contribution in [0.1, 0.15) is 18.4 Å². The van der Waals surface area contributed by atoms with Crippen LogP contribution in [0.3, 0.4) is 0 Å². The zero-order valence-electron chi connectivity index (χ0n) is 10.2. The van der Waals surface area contributed by atoms with E-state index < -0.39 is 10.0 Å². The number of rotatable bonds is 7. The summed E-state index contributed by atoms with van der Waals surface area (Å²) in [5, 5.41) is 3.38. The molecule has 1 aromatic rings. The highest BCUT2D eigenvalue weighted by molar-refractivity contribution is 7.89. The van der Waals surface area contributed by atoms with Crippen LogP contribution in [-0.4, -0.2) is 21.5 Å². The molecule has 0 fully saturated rings. The Labute approximate surface area is 107 Å². The highest BCUT2D eigenvalue weighted by Gasteiger charge is 2.12. The van der Waals surface area contributed by atoms with Gasteiger partial charge in [-0.1, -0.05) is 17.2 Å². The monoisotopic (exact) mass is 268 g/mol. The SMILES string of the molecule is Cc1cccc(S(=O)(=O)NCCCCN=[N+]=[N-])c1. The molecule has 0 saturated heterocycles. The van der Waals surface area contributed by atoms with Gasteiger partial charge in [0, 0.05) is 18.0 Å². The summed E-state index contributed by atoms with van der Waals surface area (Å²) in [6, 6.07) is 6.75. The number of nitrogens with one attached hydrogen (secondary N) is 1. The van der Waals surface area contributed by atoms with E-state index in [4.69, 9.17) is 5.53 Å². The summed E-state index contributed by atoms with van der Waals surface area (Å²) >= 11 is 0. The smallest absolute Gasteiger partial charge is 0.211 e. The molecular weight excluding hydrogens is 252 g/mol. The molecule has 7 heteroatoms. The Hall–Kier alpha value is -1.56. The number of benzene rings is 1. The maximum Gasteiger partial charge on any atom is 0.240 e. The lowest BCUT2D eigenvalue weighted by atomic mass is 10.2. The number of hydrogen-bond acceptors (Lipinski definition) is 3. The summed E-state index contributed by atoms with van der Waals surface area (Å²) in [6.07, 6.45) is 1.31. The fourth-order valence-corrected chi connectivity index (χ4v) is 2.60. The molecule has 1 aromatic carbocycles. The predicted octanol–water partition coefficient (Wildman–Crippen LogP) is 2.36. The van der Waals surface area contributed by atoms with Crippen molar-refractivity contribution in [2.75, 3.05) is 13.1 Å². The average molecular weight is 268 g/mol. The van der Waals surface area contributed by atoms with E-state index >= 15 is 0 Å². The zero-order valence-corrected chi connectivity index (χ0v) is 11.0. The van der Waals surface area contributed by atoms with Gasteiger partial charge in [0.25, 0.3) is 0 Å². The minimum atomic E-state index is -3.43. The van der Waals surface area contributed by atoms with Gasteiger partial charge in [0.1, 0.15) is 0 Å². The Morgan fingerprint density at radius 3 is 2.83 bits per heavy atom. The lowest BCUT2D eigenvalue weighted by molar-refractivity contribution is 0.577. The van der Waals surface area contributed by atoms with Crippen LogP contribution in [0.4, 0.5) is 0 Å². The van der Waals surface area contributed by atoms with Gasteiger partial charge in [-0.2, -0.15) is 0 Å². The standard InChI is InChI=1S/C11H16N4O2S/c1-10-5-4-6-11(9-10)18(16,17)14-8-3-2-7-13-15-12/h4-6,9,14H,2-3,7-8H2,1H3. The second-order valence-electron chi connectivity index (χ2n) is 3.88. The first-order chi connectivity index (χ1) is 8.56. The second-order valence-corrected chi connectivity index (χ2v) is 5.64. The maximum absolute atomic E-state index is 11.9. The van der Waals surface area contributed by atoms with Crippen LogP contribution in [0.2, 0.25) is 0 Å². The van der Waals surface area contributed by atoms with Crippen molar-refractivity contribution in [3.8, 4) is 0 Å². The largest absolute Gasteiger partial charge is 0.240 e. The molecular formula is C11H16N4O2S. The number of aryl methyl sites for hydroxylation is 1. The van der Waals surface area contributed by atoms with Gasteiger partial charge in [-0.05, 0) is 43.0 Å². The molecule has 98 valence electrons. The topological polar surface area (TPSA) is 94.9 Å². The third-order valence-electron chi connectivity index (χ3n) is 2.34. The lowest BCUT2D eigenvalue weighted by Gasteiger charge is -2.06. The van der Waals surface area contributed by atoms with E-state index in [9.17, 15) is 8.42 Å². The molecule has 6 nitrogen and oxygen atoms in total. The lowest BCUT2D eigenvalue weighted by Crippen LogP contribution is -2.24. The molecule has 0 unspecified atom stereocenters. The van der Waals surface area contributed by atoms with E-state index in [1.54, 1.807) is 18.2 Å². The maximum atomic E-state index is 11.9. The van der Waals surface area contributed by atoms with Crippen molar-refractivity contribution >= 4 is 10.0 Å². The van der Waals surface area contributed by atoms with Crippen molar-refractivity contribution in [1.82, 2.24) is 4.72 Å². The van der Waals surface area contributed by atoms with E-state index in [0.29, 0.717) is 25.9 Å². The number of nitrogens with zero attached hydrogens (tertiary/aromatic N) is 3. The molecule has 0 radical (unpaired) electrons. The van der Waals surface area contributed by atoms with Gasteiger partial charge in [0.05, 0.1) is 4.90 Å². The Balaban J connectivity index is 2.48. The van der Waals surface area contributed by atoms with Crippen LogP contribution < -0.4 is 4.72 Å². The normalized spacial score (nSPS) is 10.9. The first kappa shape index (κ1) is 14.5. The summed E-state index contributed by atoms with van der Waals surface area (Å²) in [5.74, 6) is 0. The Kier molecular flexibility index (Phi) is 5.64. The molecule has 0 heterocycles. The van der Waals surface area contributed by atoms with Gasteiger partial charge >= 0.3 is 0 Å². The van der Waals surface area contributed by atoms with Crippen molar-refractivity contribution in [3.63, 3.8) is 0 Å². The second kappa shape index (κ2) is 7.00. The molecule has 0 spiro atoms. The molecule has 0 aliphatic rings. The first-order valence-electron chi connectivity index (χ1n) is 5.63. The van der Waals surface area contributed by atoms with Crippen molar-refractivity contribution in [2.24, 2.45) is 5.11 Å². The van der Waals surface area contributed by atoms with Crippen LogP contribution >= 0.6 is 0 Å². The van der Waals surface area contributed by atoms with Gasteiger partial charge in [-0.25, -0.2) is 13.1 Å². The summed E-state index contributed by atoms with van der Waals surface area (Å²) in [4.78, 5) is 2.90. The van der Waals surface area contributed by atoms with E-state index in [2.05, 4.69) is 14.7 Å². The molecule has 1 rings (SSSR count). The first-order valence-corrected chi connectivity index (χ1v) is 7.12. The molecule has 0 bridgehead atoms. The van der Waals surface area contributed by atoms with Crippen molar-refractivity contribution in [2.45, 2.75) is 24.7 Å². The van der Waals surface area contributed by atoms with Crippen molar-refractivity contribution in [1.29, 1.82) is 0 Å². The minimum Gasteiger partial charge on any atom is -0.211 e. The van der Waals surface area contributed by atoms with Gasteiger partial charge < -0.3 is 0 Å². The van der Waals surface area contributed by atoms with Gasteiger partial charge in [0.15, 0.2) is 0 Å². The summed E-state index contributed by atoms with van der Waals surface area (Å²) in [5.41, 5.74) is 8.98. The molecule has 0 aliphatic carbocycles. The van der Waals surface area contributed by atoms with Crippen molar-refractivity contribution in [3.05, 3.63) is 40.3 Å². The van der Waals surface area contributed by atoms with Crippen molar-refractivity contribution < 1.29 is 8.42 Å². The number of sulfonamides is 1.